The largest absolute Gasteiger partial charge is 0.354 e. The molecule has 0 spiro atoms. The van der Waals surface area contributed by atoms with Gasteiger partial charge >= 0.3 is 0 Å². The van der Waals surface area contributed by atoms with Crippen molar-refractivity contribution in [3.8, 4) is 0 Å². The summed E-state index contributed by atoms with van der Waals surface area (Å²) in [6.07, 6.45) is 0. The first-order chi connectivity index (χ1) is 16.2. The fraction of sp³-hybridized carbons (Fsp3) is 0.269. The van der Waals surface area contributed by atoms with Crippen molar-refractivity contribution in [1.82, 2.24) is 5.32 Å². The van der Waals surface area contributed by atoms with Gasteiger partial charge in [-0.05, 0) is 67.8 Å². The SMILES string of the molecule is Cc1ccc(S(=O)(=O)N(CC(=O)NCCSCc2ccccc2F)c2cc(C)cc(C)c2)cc1. The minimum atomic E-state index is -3.95. The van der Waals surface area contributed by atoms with Crippen LogP contribution in [0.4, 0.5) is 10.1 Å². The smallest absolute Gasteiger partial charge is 0.264 e. The van der Waals surface area contributed by atoms with Gasteiger partial charge in [0.1, 0.15) is 12.4 Å². The van der Waals surface area contributed by atoms with Crippen molar-refractivity contribution in [2.24, 2.45) is 0 Å². The fourth-order valence-corrected chi connectivity index (χ4v) is 5.74. The van der Waals surface area contributed by atoms with Gasteiger partial charge in [0.25, 0.3) is 10.0 Å². The number of carbonyl (C=O) groups is 1. The van der Waals surface area contributed by atoms with E-state index in [0.717, 1.165) is 21.0 Å². The lowest BCUT2D eigenvalue weighted by Gasteiger charge is -2.25. The number of benzene rings is 3. The molecule has 0 saturated heterocycles. The normalized spacial score (nSPS) is 11.3. The van der Waals surface area contributed by atoms with E-state index >= 15 is 0 Å². The highest BCUT2D eigenvalue weighted by atomic mass is 32.2. The van der Waals surface area contributed by atoms with Crippen LogP contribution in [0.3, 0.4) is 0 Å². The summed E-state index contributed by atoms with van der Waals surface area (Å²) in [5.41, 5.74) is 3.82. The average Bonchev–Trinajstić information content (AvgIpc) is 2.78. The number of thioether (sulfide) groups is 1. The molecular weight excluding hydrogens is 471 g/mol. The Morgan fingerprint density at radius 3 is 2.24 bits per heavy atom. The van der Waals surface area contributed by atoms with Crippen LogP contribution in [0.15, 0.2) is 71.6 Å². The van der Waals surface area contributed by atoms with Crippen LogP contribution in [0.2, 0.25) is 0 Å². The number of halogens is 1. The number of aryl methyl sites for hydroxylation is 3. The Hall–Kier alpha value is -2.84. The van der Waals surface area contributed by atoms with E-state index in [9.17, 15) is 17.6 Å². The Balaban J connectivity index is 1.69. The number of carbonyl (C=O) groups excluding carboxylic acids is 1. The molecule has 0 aliphatic rings. The van der Waals surface area contributed by atoms with Gasteiger partial charge in [0.05, 0.1) is 10.6 Å². The Morgan fingerprint density at radius 1 is 0.941 bits per heavy atom. The molecule has 3 aromatic carbocycles. The number of rotatable bonds is 10. The van der Waals surface area contributed by atoms with Gasteiger partial charge in [-0.3, -0.25) is 9.10 Å². The molecule has 3 rings (SSSR count). The number of hydrogen-bond acceptors (Lipinski definition) is 4. The van der Waals surface area contributed by atoms with Gasteiger partial charge in [0.15, 0.2) is 0 Å². The predicted octanol–water partition coefficient (Wildman–Crippen LogP) is 5.00. The summed E-state index contributed by atoms with van der Waals surface area (Å²) in [6, 6.07) is 18.6. The lowest BCUT2D eigenvalue weighted by Crippen LogP contribution is -2.41. The summed E-state index contributed by atoms with van der Waals surface area (Å²) in [4.78, 5) is 12.9. The maximum atomic E-state index is 13.7. The maximum Gasteiger partial charge on any atom is 0.264 e. The molecule has 0 saturated carbocycles. The van der Waals surface area contributed by atoms with E-state index in [1.54, 1.807) is 54.6 Å². The first-order valence-electron chi connectivity index (χ1n) is 10.9. The summed E-state index contributed by atoms with van der Waals surface area (Å²) in [5.74, 6) is 0.429. The van der Waals surface area contributed by atoms with E-state index in [2.05, 4.69) is 5.32 Å². The van der Waals surface area contributed by atoms with Crippen molar-refractivity contribution in [2.75, 3.05) is 23.1 Å². The summed E-state index contributed by atoms with van der Waals surface area (Å²) >= 11 is 1.50. The molecule has 1 amide bonds. The third-order valence-electron chi connectivity index (χ3n) is 5.17. The van der Waals surface area contributed by atoms with E-state index < -0.39 is 15.9 Å². The third-order valence-corrected chi connectivity index (χ3v) is 7.97. The van der Waals surface area contributed by atoms with Crippen molar-refractivity contribution in [2.45, 2.75) is 31.4 Å². The van der Waals surface area contributed by atoms with Gasteiger partial charge in [-0.25, -0.2) is 12.8 Å². The van der Waals surface area contributed by atoms with Crippen molar-refractivity contribution in [3.05, 3.63) is 94.8 Å². The van der Waals surface area contributed by atoms with E-state index in [0.29, 0.717) is 29.3 Å². The van der Waals surface area contributed by atoms with E-state index in [1.165, 1.54) is 17.8 Å². The average molecular weight is 501 g/mol. The van der Waals surface area contributed by atoms with Crippen LogP contribution in [0.1, 0.15) is 22.3 Å². The maximum absolute atomic E-state index is 13.7. The molecule has 0 unspecified atom stereocenters. The molecule has 0 heterocycles. The molecule has 34 heavy (non-hydrogen) atoms. The van der Waals surface area contributed by atoms with E-state index in [1.807, 2.05) is 26.8 Å². The van der Waals surface area contributed by atoms with Gasteiger partial charge in [0, 0.05) is 18.1 Å². The summed E-state index contributed by atoms with van der Waals surface area (Å²) in [6.45, 7) is 5.68. The quantitative estimate of drug-likeness (QED) is 0.398. The topological polar surface area (TPSA) is 66.5 Å². The second-order valence-electron chi connectivity index (χ2n) is 8.16. The molecule has 0 aromatic heterocycles. The number of anilines is 1. The molecule has 0 aliphatic carbocycles. The monoisotopic (exact) mass is 500 g/mol. The third kappa shape index (κ3) is 6.84. The highest BCUT2D eigenvalue weighted by Gasteiger charge is 2.27. The summed E-state index contributed by atoms with van der Waals surface area (Å²) < 4.78 is 41.8. The zero-order chi connectivity index (χ0) is 24.7. The number of sulfonamides is 1. The van der Waals surface area contributed by atoms with Crippen LogP contribution in [0.25, 0.3) is 0 Å². The molecule has 0 radical (unpaired) electrons. The van der Waals surface area contributed by atoms with E-state index in [-0.39, 0.29) is 17.3 Å². The minimum Gasteiger partial charge on any atom is -0.354 e. The highest BCUT2D eigenvalue weighted by Crippen LogP contribution is 2.26. The van der Waals surface area contributed by atoms with E-state index in [4.69, 9.17) is 0 Å². The first kappa shape index (κ1) is 25.8. The van der Waals surface area contributed by atoms with Gasteiger partial charge in [0.2, 0.25) is 5.91 Å². The van der Waals surface area contributed by atoms with Crippen molar-refractivity contribution in [3.63, 3.8) is 0 Å². The molecular formula is C26H29FN2O3S2. The molecule has 0 bridgehead atoms. The molecule has 8 heteroatoms. The number of hydrogen-bond donors (Lipinski definition) is 1. The van der Waals surface area contributed by atoms with Crippen molar-refractivity contribution >= 4 is 33.4 Å². The van der Waals surface area contributed by atoms with Crippen molar-refractivity contribution in [1.29, 1.82) is 0 Å². The second kappa shape index (κ2) is 11.5. The van der Waals surface area contributed by atoms with Gasteiger partial charge in [-0.15, -0.1) is 0 Å². The zero-order valence-corrected chi connectivity index (χ0v) is 21.2. The predicted molar refractivity (Wildman–Crippen MR) is 137 cm³/mol. The molecule has 5 nitrogen and oxygen atoms in total. The summed E-state index contributed by atoms with van der Waals surface area (Å²) in [7, 11) is -3.95. The number of amides is 1. The molecule has 1 N–H and O–H groups in total. The van der Waals surface area contributed by atoms with Gasteiger partial charge < -0.3 is 5.32 Å². The highest BCUT2D eigenvalue weighted by molar-refractivity contribution is 7.98. The summed E-state index contributed by atoms with van der Waals surface area (Å²) in [5, 5.41) is 2.79. The van der Waals surface area contributed by atoms with Crippen LogP contribution < -0.4 is 9.62 Å². The standard InChI is InChI=1S/C26H29FN2O3S2/c1-19-8-10-24(11-9-19)34(31,32)29(23-15-20(2)14-21(3)16-23)17-26(30)28-12-13-33-18-22-6-4-5-7-25(22)27/h4-11,14-16H,12-13,17-18H2,1-3H3,(H,28,30). The van der Waals surface area contributed by atoms with Crippen LogP contribution in [0, 0.1) is 26.6 Å². The van der Waals surface area contributed by atoms with Crippen LogP contribution in [-0.4, -0.2) is 33.2 Å². The fourth-order valence-electron chi connectivity index (χ4n) is 3.49. The molecule has 0 fully saturated rings. The van der Waals surface area contributed by atoms with Crippen LogP contribution >= 0.6 is 11.8 Å². The van der Waals surface area contributed by atoms with Crippen molar-refractivity contribution < 1.29 is 17.6 Å². The van der Waals surface area contributed by atoms with Gasteiger partial charge in [-0.1, -0.05) is 42.0 Å². The Morgan fingerprint density at radius 2 is 1.59 bits per heavy atom. The molecule has 180 valence electrons. The second-order valence-corrected chi connectivity index (χ2v) is 11.1. The zero-order valence-electron chi connectivity index (χ0n) is 19.5. The molecule has 0 atom stereocenters. The Kier molecular flexibility index (Phi) is 8.74. The Bertz CT molecular complexity index is 1220. The lowest BCUT2D eigenvalue weighted by atomic mass is 10.1. The van der Waals surface area contributed by atoms with Crippen LogP contribution in [0.5, 0.6) is 0 Å². The van der Waals surface area contributed by atoms with Crippen LogP contribution in [-0.2, 0) is 20.6 Å². The number of nitrogens with zero attached hydrogens (tertiary/aromatic N) is 1. The number of nitrogens with one attached hydrogen (secondary N) is 1. The lowest BCUT2D eigenvalue weighted by molar-refractivity contribution is -0.119. The van der Waals surface area contributed by atoms with Gasteiger partial charge in [-0.2, -0.15) is 11.8 Å². The minimum absolute atomic E-state index is 0.130. The molecule has 0 aliphatic heterocycles. The first-order valence-corrected chi connectivity index (χ1v) is 13.5. The Labute approximate surface area is 205 Å². The molecule has 3 aromatic rings.